The highest BCUT2D eigenvalue weighted by Crippen LogP contribution is 2.48. The van der Waals surface area contributed by atoms with Crippen molar-refractivity contribution >= 4 is 11.8 Å². The fourth-order valence-corrected chi connectivity index (χ4v) is 4.49. The molecule has 2 amide bonds. The standard InChI is InChI=1S/C22H24N2O2/c1-2-9-18-14-20(25)24-21(26)15-19(16-10-5-3-6-11-16)23(24)22(18)17-12-7-4-8-13-17/h3-8,10-13,18-19,22H,2,9,14-15H2,1H3/t18-,19-,22-/m1/s1. The molecule has 2 heterocycles. The van der Waals surface area contributed by atoms with Gasteiger partial charge in [-0.2, -0.15) is 5.01 Å². The van der Waals surface area contributed by atoms with Crippen molar-refractivity contribution in [2.75, 3.05) is 0 Å². The van der Waals surface area contributed by atoms with Gasteiger partial charge in [-0.1, -0.05) is 74.0 Å². The molecule has 2 aliphatic rings. The first-order valence-corrected chi connectivity index (χ1v) is 9.44. The van der Waals surface area contributed by atoms with Gasteiger partial charge in [0.2, 0.25) is 11.8 Å². The van der Waals surface area contributed by atoms with Crippen LogP contribution in [0.5, 0.6) is 0 Å². The summed E-state index contributed by atoms with van der Waals surface area (Å²) in [6.07, 6.45) is 2.81. The summed E-state index contributed by atoms with van der Waals surface area (Å²) in [4.78, 5) is 25.5. The Labute approximate surface area is 154 Å². The Morgan fingerprint density at radius 3 is 2.04 bits per heavy atom. The molecule has 2 aliphatic heterocycles. The van der Waals surface area contributed by atoms with Gasteiger partial charge in [-0.05, 0) is 23.5 Å². The van der Waals surface area contributed by atoms with Crippen LogP contribution in [0.3, 0.4) is 0 Å². The van der Waals surface area contributed by atoms with Crippen molar-refractivity contribution in [3.8, 4) is 0 Å². The van der Waals surface area contributed by atoms with E-state index in [1.54, 1.807) is 0 Å². The molecule has 2 aromatic carbocycles. The molecule has 26 heavy (non-hydrogen) atoms. The maximum Gasteiger partial charge on any atom is 0.245 e. The molecule has 0 aliphatic carbocycles. The molecule has 0 radical (unpaired) electrons. The largest absolute Gasteiger partial charge is 0.273 e. The molecule has 4 nitrogen and oxygen atoms in total. The van der Waals surface area contributed by atoms with E-state index in [1.807, 2.05) is 36.4 Å². The van der Waals surface area contributed by atoms with Crippen molar-refractivity contribution in [1.82, 2.24) is 10.0 Å². The van der Waals surface area contributed by atoms with Crippen LogP contribution in [0.1, 0.15) is 55.8 Å². The lowest BCUT2D eigenvalue weighted by Crippen LogP contribution is -2.53. The van der Waals surface area contributed by atoms with Gasteiger partial charge in [-0.3, -0.25) is 9.59 Å². The Morgan fingerprint density at radius 1 is 0.846 bits per heavy atom. The van der Waals surface area contributed by atoms with Gasteiger partial charge in [0.1, 0.15) is 0 Å². The number of rotatable bonds is 4. The fraction of sp³-hybridized carbons (Fsp3) is 0.364. The maximum atomic E-state index is 12.8. The molecule has 3 atom stereocenters. The SMILES string of the molecule is CCC[C@@H]1CC(=O)N2C(=O)C[C@H](c3ccccc3)N2[C@@H]1c1ccccc1. The quantitative estimate of drug-likeness (QED) is 0.775. The molecular formula is C22H24N2O2. The summed E-state index contributed by atoms with van der Waals surface area (Å²) in [6.45, 7) is 2.16. The van der Waals surface area contributed by atoms with E-state index in [9.17, 15) is 9.59 Å². The van der Waals surface area contributed by atoms with E-state index >= 15 is 0 Å². The summed E-state index contributed by atoms with van der Waals surface area (Å²) in [6, 6.07) is 20.4. The lowest BCUT2D eigenvalue weighted by Gasteiger charge is -2.45. The second-order valence-electron chi connectivity index (χ2n) is 7.22. The van der Waals surface area contributed by atoms with Crippen LogP contribution in [0, 0.1) is 5.92 Å². The number of benzene rings is 2. The summed E-state index contributed by atoms with van der Waals surface area (Å²) in [5.74, 6) is 0.0852. The van der Waals surface area contributed by atoms with E-state index in [-0.39, 0.29) is 29.8 Å². The summed E-state index contributed by atoms with van der Waals surface area (Å²) in [5.41, 5.74) is 2.27. The average Bonchev–Trinajstić information content (AvgIpc) is 3.01. The van der Waals surface area contributed by atoms with Crippen LogP contribution in [0.4, 0.5) is 0 Å². The van der Waals surface area contributed by atoms with Crippen molar-refractivity contribution in [2.24, 2.45) is 5.92 Å². The van der Waals surface area contributed by atoms with E-state index in [0.29, 0.717) is 12.8 Å². The summed E-state index contributed by atoms with van der Waals surface area (Å²) < 4.78 is 0. The number of fused-ring (bicyclic) bond motifs is 1. The molecule has 4 heteroatoms. The molecule has 2 fully saturated rings. The Hall–Kier alpha value is -2.46. The lowest BCUT2D eigenvalue weighted by atomic mass is 9.84. The van der Waals surface area contributed by atoms with Crippen LogP contribution in [-0.2, 0) is 9.59 Å². The van der Waals surface area contributed by atoms with E-state index in [1.165, 1.54) is 10.6 Å². The third kappa shape index (κ3) is 2.84. The normalized spacial score (nSPS) is 26.2. The molecular weight excluding hydrogens is 324 g/mol. The van der Waals surface area contributed by atoms with Gasteiger partial charge in [0.05, 0.1) is 18.5 Å². The van der Waals surface area contributed by atoms with Gasteiger partial charge in [-0.15, -0.1) is 0 Å². The monoisotopic (exact) mass is 348 g/mol. The smallest absolute Gasteiger partial charge is 0.245 e. The van der Waals surface area contributed by atoms with Crippen LogP contribution in [0.15, 0.2) is 60.7 Å². The number of carbonyl (C=O) groups is 2. The predicted molar refractivity (Wildman–Crippen MR) is 99.7 cm³/mol. The minimum atomic E-state index is -0.0856. The number of amides is 2. The van der Waals surface area contributed by atoms with E-state index in [4.69, 9.17) is 0 Å². The second-order valence-corrected chi connectivity index (χ2v) is 7.22. The highest BCUT2D eigenvalue weighted by molar-refractivity contribution is 5.97. The molecule has 134 valence electrons. The van der Waals surface area contributed by atoms with Gasteiger partial charge in [-0.25, -0.2) is 5.01 Å². The first kappa shape index (κ1) is 17.0. The molecule has 0 aromatic heterocycles. The first-order valence-electron chi connectivity index (χ1n) is 9.44. The van der Waals surface area contributed by atoms with Crippen LogP contribution >= 0.6 is 0 Å². The van der Waals surface area contributed by atoms with E-state index in [0.717, 1.165) is 18.4 Å². The van der Waals surface area contributed by atoms with E-state index < -0.39 is 0 Å². The summed E-state index contributed by atoms with van der Waals surface area (Å²) in [5, 5.41) is 3.50. The summed E-state index contributed by atoms with van der Waals surface area (Å²) >= 11 is 0. The highest BCUT2D eigenvalue weighted by atomic mass is 16.2. The van der Waals surface area contributed by atoms with Crippen LogP contribution in [-0.4, -0.2) is 21.8 Å². The van der Waals surface area contributed by atoms with Crippen molar-refractivity contribution < 1.29 is 9.59 Å². The Morgan fingerprint density at radius 2 is 1.42 bits per heavy atom. The molecule has 0 unspecified atom stereocenters. The zero-order valence-electron chi connectivity index (χ0n) is 15.0. The molecule has 0 spiro atoms. The molecule has 2 saturated heterocycles. The van der Waals surface area contributed by atoms with Crippen molar-refractivity contribution in [2.45, 2.75) is 44.7 Å². The molecule has 0 saturated carbocycles. The third-order valence-electron chi connectivity index (χ3n) is 5.54. The third-order valence-corrected chi connectivity index (χ3v) is 5.54. The Bertz CT molecular complexity index is 790. The summed E-state index contributed by atoms with van der Waals surface area (Å²) in [7, 11) is 0. The Kier molecular flexibility index (Phi) is 4.60. The molecule has 0 N–H and O–H groups in total. The minimum absolute atomic E-state index is 0.0468. The van der Waals surface area contributed by atoms with Gasteiger partial charge in [0, 0.05) is 6.42 Å². The first-order chi connectivity index (χ1) is 12.7. The topological polar surface area (TPSA) is 40.6 Å². The minimum Gasteiger partial charge on any atom is -0.273 e. The van der Waals surface area contributed by atoms with Crippen LogP contribution in [0.2, 0.25) is 0 Å². The van der Waals surface area contributed by atoms with Crippen molar-refractivity contribution in [3.05, 3.63) is 71.8 Å². The number of carbonyl (C=O) groups excluding carboxylic acids is 2. The van der Waals surface area contributed by atoms with E-state index in [2.05, 4.69) is 36.2 Å². The molecule has 0 bridgehead atoms. The average molecular weight is 348 g/mol. The van der Waals surface area contributed by atoms with Crippen LogP contribution in [0.25, 0.3) is 0 Å². The number of imide groups is 1. The lowest BCUT2D eigenvalue weighted by molar-refractivity contribution is -0.174. The predicted octanol–water partition coefficient (Wildman–Crippen LogP) is 4.26. The van der Waals surface area contributed by atoms with Crippen molar-refractivity contribution in [3.63, 3.8) is 0 Å². The van der Waals surface area contributed by atoms with Gasteiger partial charge in [0.15, 0.2) is 0 Å². The zero-order valence-corrected chi connectivity index (χ0v) is 15.0. The molecule has 2 aromatic rings. The number of hydrazine groups is 1. The van der Waals surface area contributed by atoms with Crippen LogP contribution < -0.4 is 0 Å². The Balaban J connectivity index is 1.81. The number of hydrogen-bond donors (Lipinski definition) is 0. The van der Waals surface area contributed by atoms with Gasteiger partial charge < -0.3 is 0 Å². The fourth-order valence-electron chi connectivity index (χ4n) is 4.49. The number of nitrogens with zero attached hydrogens (tertiary/aromatic N) is 2. The van der Waals surface area contributed by atoms with Crippen molar-refractivity contribution in [1.29, 1.82) is 0 Å². The van der Waals surface area contributed by atoms with Gasteiger partial charge in [0.25, 0.3) is 0 Å². The van der Waals surface area contributed by atoms with Gasteiger partial charge >= 0.3 is 0 Å². The maximum absolute atomic E-state index is 12.8. The highest BCUT2D eigenvalue weighted by Gasteiger charge is 2.51. The second kappa shape index (κ2) is 7.04. The number of hydrogen-bond acceptors (Lipinski definition) is 3. The molecule has 4 rings (SSSR count). The zero-order chi connectivity index (χ0) is 18.1.